The summed E-state index contributed by atoms with van der Waals surface area (Å²) >= 11 is 5.64. The Morgan fingerprint density at radius 3 is 2.76 bits per heavy atom. The van der Waals surface area contributed by atoms with Gasteiger partial charge in [0.2, 0.25) is 0 Å². The number of hydrogen-bond acceptors (Lipinski definition) is 2. The Morgan fingerprint density at radius 2 is 2.29 bits per heavy atom. The Balaban J connectivity index is 2.86. The Hall–Kier alpha value is -0.730. The lowest BCUT2D eigenvalue weighted by atomic mass is 9.89. The van der Waals surface area contributed by atoms with Gasteiger partial charge in [0, 0.05) is 18.9 Å². The smallest absolute Gasteiger partial charge is 0.0922 e. The first kappa shape index (κ1) is 14.3. The molecular weight excluding hydrogens is 234 g/mol. The third-order valence-electron chi connectivity index (χ3n) is 3.41. The van der Waals surface area contributed by atoms with Gasteiger partial charge in [-0.3, -0.25) is 0 Å². The molecule has 0 bridgehead atoms. The van der Waals surface area contributed by atoms with Crippen LogP contribution in [0.25, 0.3) is 0 Å². The monoisotopic (exact) mass is 255 g/mol. The van der Waals surface area contributed by atoms with E-state index in [0.717, 1.165) is 12.0 Å². The largest absolute Gasteiger partial charge is 0.512 e. The zero-order valence-electron chi connectivity index (χ0n) is 10.7. The van der Waals surface area contributed by atoms with Gasteiger partial charge in [0.05, 0.1) is 5.76 Å². The molecule has 0 aromatic rings. The maximum atomic E-state index is 9.58. The summed E-state index contributed by atoms with van der Waals surface area (Å²) in [5.74, 6) is 0.592. The Morgan fingerprint density at radius 1 is 1.59 bits per heavy atom. The van der Waals surface area contributed by atoms with Gasteiger partial charge in [-0.05, 0) is 49.6 Å². The number of allylic oxidation sites excluding steroid dienone is 3. The molecule has 1 rings (SSSR count). The summed E-state index contributed by atoms with van der Waals surface area (Å²) in [4.78, 5) is 2.70. The van der Waals surface area contributed by atoms with Crippen molar-refractivity contribution in [1.82, 2.24) is 4.84 Å². The normalized spacial score (nSPS) is 18.6. The van der Waals surface area contributed by atoms with E-state index >= 15 is 0 Å². The van der Waals surface area contributed by atoms with Crippen molar-refractivity contribution in [1.29, 1.82) is 0 Å². The van der Waals surface area contributed by atoms with Crippen LogP contribution < -0.4 is 4.84 Å². The van der Waals surface area contributed by atoms with Crippen LogP contribution in [0.2, 0.25) is 0 Å². The summed E-state index contributed by atoms with van der Waals surface area (Å²) in [6.45, 7) is 8.84. The number of aliphatic hydroxyl groups is 1. The molecule has 0 saturated heterocycles. The summed E-state index contributed by atoms with van der Waals surface area (Å²) in [6, 6.07) is 0. The fourth-order valence-electron chi connectivity index (χ4n) is 2.36. The van der Waals surface area contributed by atoms with Crippen molar-refractivity contribution in [3.8, 4) is 0 Å². The standard InChI is InChI=1S/C14H22ClNO/c1-4-12(17)8-11(3)14(9-16-15)13-7-5-6-10(13)2/h8,14,16-17H,3-7,9H2,1-2H3/b12-8+. The highest BCUT2D eigenvalue weighted by Gasteiger charge is 2.22. The molecule has 0 spiro atoms. The van der Waals surface area contributed by atoms with E-state index in [-0.39, 0.29) is 5.92 Å². The van der Waals surface area contributed by atoms with Crippen LogP contribution in [0.4, 0.5) is 0 Å². The van der Waals surface area contributed by atoms with Crippen molar-refractivity contribution < 1.29 is 5.11 Å². The van der Waals surface area contributed by atoms with Gasteiger partial charge in [0.15, 0.2) is 0 Å². The Bertz CT molecular complexity index is 344. The lowest BCUT2D eigenvalue weighted by Crippen LogP contribution is -2.18. The minimum absolute atomic E-state index is 0.212. The van der Waals surface area contributed by atoms with Crippen LogP contribution in [0, 0.1) is 5.92 Å². The van der Waals surface area contributed by atoms with Gasteiger partial charge in [-0.25, -0.2) is 4.84 Å². The van der Waals surface area contributed by atoms with Gasteiger partial charge in [0.1, 0.15) is 0 Å². The van der Waals surface area contributed by atoms with Crippen molar-refractivity contribution in [2.45, 2.75) is 39.5 Å². The van der Waals surface area contributed by atoms with Crippen LogP contribution in [-0.2, 0) is 0 Å². The summed E-state index contributed by atoms with van der Waals surface area (Å²) in [7, 11) is 0. The van der Waals surface area contributed by atoms with E-state index in [9.17, 15) is 5.11 Å². The Kier molecular flexibility index (Phi) is 5.79. The number of rotatable bonds is 6. The van der Waals surface area contributed by atoms with Crippen LogP contribution in [0.15, 0.2) is 35.1 Å². The predicted molar refractivity (Wildman–Crippen MR) is 74.0 cm³/mol. The van der Waals surface area contributed by atoms with Crippen LogP contribution in [0.3, 0.4) is 0 Å². The van der Waals surface area contributed by atoms with Crippen molar-refractivity contribution in [3.63, 3.8) is 0 Å². The lowest BCUT2D eigenvalue weighted by Gasteiger charge is -2.19. The highest BCUT2D eigenvalue weighted by Crippen LogP contribution is 2.34. The average Bonchev–Trinajstić information content (AvgIpc) is 2.71. The SMILES string of the molecule is C=C(/C=C(/O)CC)C(CNCl)C1=C(C)CCC1. The number of nitrogens with one attached hydrogen (secondary N) is 1. The first-order valence-electron chi connectivity index (χ1n) is 6.20. The molecule has 1 atom stereocenters. The second-order valence-corrected chi connectivity index (χ2v) is 4.88. The van der Waals surface area contributed by atoms with E-state index in [1.165, 1.54) is 24.0 Å². The van der Waals surface area contributed by atoms with Gasteiger partial charge in [0.25, 0.3) is 0 Å². The molecule has 0 aromatic heterocycles. The van der Waals surface area contributed by atoms with E-state index in [1.807, 2.05) is 6.92 Å². The van der Waals surface area contributed by atoms with E-state index in [1.54, 1.807) is 6.08 Å². The van der Waals surface area contributed by atoms with Crippen LogP contribution in [0.1, 0.15) is 39.5 Å². The van der Waals surface area contributed by atoms with Gasteiger partial charge in [-0.1, -0.05) is 24.6 Å². The van der Waals surface area contributed by atoms with Crippen molar-refractivity contribution >= 4 is 11.8 Å². The maximum Gasteiger partial charge on any atom is 0.0922 e. The fraction of sp³-hybridized carbons (Fsp3) is 0.571. The third-order valence-corrected chi connectivity index (χ3v) is 3.56. The van der Waals surface area contributed by atoms with Crippen LogP contribution >= 0.6 is 11.8 Å². The summed E-state index contributed by atoms with van der Waals surface area (Å²) < 4.78 is 0. The topological polar surface area (TPSA) is 32.3 Å². The first-order valence-corrected chi connectivity index (χ1v) is 6.58. The first-order chi connectivity index (χ1) is 8.10. The predicted octanol–water partition coefficient (Wildman–Crippen LogP) is 4.25. The fourth-order valence-corrected chi connectivity index (χ4v) is 2.52. The third kappa shape index (κ3) is 3.90. The molecule has 0 saturated carbocycles. The molecule has 96 valence electrons. The van der Waals surface area contributed by atoms with Crippen LogP contribution in [0.5, 0.6) is 0 Å². The molecule has 2 nitrogen and oxygen atoms in total. The molecule has 0 aliphatic heterocycles. The molecule has 0 radical (unpaired) electrons. The van der Waals surface area contributed by atoms with Crippen LogP contribution in [-0.4, -0.2) is 11.7 Å². The van der Waals surface area contributed by atoms with E-state index in [2.05, 4.69) is 18.3 Å². The highest BCUT2D eigenvalue weighted by atomic mass is 35.5. The second kappa shape index (κ2) is 6.87. The molecule has 17 heavy (non-hydrogen) atoms. The maximum absolute atomic E-state index is 9.58. The molecule has 0 amide bonds. The summed E-state index contributed by atoms with van der Waals surface area (Å²) in [6.07, 6.45) is 5.92. The summed E-state index contributed by atoms with van der Waals surface area (Å²) in [5, 5.41) is 9.58. The highest BCUT2D eigenvalue weighted by molar-refractivity contribution is 6.13. The van der Waals surface area contributed by atoms with E-state index in [0.29, 0.717) is 18.7 Å². The van der Waals surface area contributed by atoms with Crippen molar-refractivity contribution in [2.24, 2.45) is 5.92 Å². The van der Waals surface area contributed by atoms with E-state index in [4.69, 9.17) is 11.8 Å². The molecular formula is C14H22ClNO. The summed E-state index contributed by atoms with van der Waals surface area (Å²) in [5.41, 5.74) is 3.82. The van der Waals surface area contributed by atoms with E-state index < -0.39 is 0 Å². The molecule has 1 aliphatic carbocycles. The number of aliphatic hydroxyl groups excluding tert-OH is 1. The van der Waals surface area contributed by atoms with Crippen molar-refractivity contribution in [2.75, 3.05) is 6.54 Å². The molecule has 3 heteroatoms. The quantitative estimate of drug-likeness (QED) is 0.322. The number of halogens is 1. The van der Waals surface area contributed by atoms with Gasteiger partial charge < -0.3 is 5.11 Å². The minimum Gasteiger partial charge on any atom is -0.512 e. The Labute approximate surface area is 109 Å². The number of hydrogen-bond donors (Lipinski definition) is 2. The zero-order chi connectivity index (χ0) is 12.8. The molecule has 0 fully saturated rings. The van der Waals surface area contributed by atoms with Gasteiger partial charge in [-0.15, -0.1) is 0 Å². The zero-order valence-corrected chi connectivity index (χ0v) is 11.5. The van der Waals surface area contributed by atoms with Crippen molar-refractivity contribution in [3.05, 3.63) is 35.1 Å². The molecule has 0 aromatic carbocycles. The van der Waals surface area contributed by atoms with Gasteiger partial charge in [-0.2, -0.15) is 0 Å². The minimum atomic E-state index is 0.212. The molecule has 1 aliphatic rings. The second-order valence-electron chi connectivity index (χ2n) is 4.61. The molecule has 2 N–H and O–H groups in total. The molecule has 1 unspecified atom stereocenters. The average molecular weight is 256 g/mol. The van der Waals surface area contributed by atoms with Gasteiger partial charge >= 0.3 is 0 Å². The lowest BCUT2D eigenvalue weighted by molar-refractivity contribution is 0.393. The molecule has 0 heterocycles.